The zero-order valence-electron chi connectivity index (χ0n) is 24.3. The first-order valence-electron chi connectivity index (χ1n) is 14.3. The Balaban J connectivity index is 1.25. The van der Waals surface area contributed by atoms with Gasteiger partial charge in [-0.25, -0.2) is 4.79 Å². The summed E-state index contributed by atoms with van der Waals surface area (Å²) in [5.74, 6) is -0.414. The molecule has 42 heavy (non-hydrogen) atoms. The maximum absolute atomic E-state index is 13.7. The van der Waals surface area contributed by atoms with E-state index in [4.69, 9.17) is 9.47 Å². The third-order valence-corrected chi connectivity index (χ3v) is 7.78. The number of hydrogen-bond donors (Lipinski definition) is 2. The van der Waals surface area contributed by atoms with Gasteiger partial charge in [-0.1, -0.05) is 36.4 Å². The second-order valence-electron chi connectivity index (χ2n) is 11.1. The van der Waals surface area contributed by atoms with Crippen molar-refractivity contribution in [2.75, 3.05) is 12.4 Å². The van der Waals surface area contributed by atoms with Crippen LogP contribution < -0.4 is 15.4 Å². The minimum absolute atomic E-state index is 0.107. The Morgan fingerprint density at radius 2 is 1.62 bits per heavy atom. The third-order valence-electron chi connectivity index (χ3n) is 7.78. The van der Waals surface area contributed by atoms with Crippen LogP contribution in [0.5, 0.6) is 5.75 Å². The van der Waals surface area contributed by atoms with Crippen LogP contribution in [0.2, 0.25) is 0 Å². The normalized spacial score (nSPS) is 14.7. The molecular formula is C34H37N3O5. The van der Waals surface area contributed by atoms with Crippen molar-refractivity contribution < 1.29 is 23.9 Å². The van der Waals surface area contributed by atoms with E-state index in [2.05, 4.69) is 16.7 Å². The number of aromatic nitrogens is 1. The van der Waals surface area contributed by atoms with Crippen molar-refractivity contribution in [1.82, 2.24) is 9.88 Å². The molecule has 8 nitrogen and oxygen atoms in total. The van der Waals surface area contributed by atoms with Crippen LogP contribution in [0.15, 0.2) is 79.0 Å². The molecule has 0 spiro atoms. The van der Waals surface area contributed by atoms with Gasteiger partial charge in [0, 0.05) is 17.4 Å². The summed E-state index contributed by atoms with van der Waals surface area (Å²) in [6, 6.07) is 22.2. The predicted octanol–water partition coefficient (Wildman–Crippen LogP) is 5.49. The molecular weight excluding hydrogens is 530 g/mol. The van der Waals surface area contributed by atoms with Crippen molar-refractivity contribution in [2.45, 2.75) is 64.1 Å². The maximum Gasteiger partial charge on any atom is 0.330 e. The molecule has 2 amide bonds. The highest BCUT2D eigenvalue weighted by Crippen LogP contribution is 2.35. The molecule has 2 N–H and O–H groups in total. The lowest BCUT2D eigenvalue weighted by atomic mass is 10.00. The summed E-state index contributed by atoms with van der Waals surface area (Å²) >= 11 is 0. The Bertz CT molecular complexity index is 1560. The van der Waals surface area contributed by atoms with E-state index in [1.54, 1.807) is 12.1 Å². The van der Waals surface area contributed by atoms with E-state index in [0.29, 0.717) is 18.6 Å². The number of methoxy groups -OCH3 is 1. The van der Waals surface area contributed by atoms with E-state index in [1.807, 2.05) is 79.2 Å². The third kappa shape index (κ3) is 6.65. The van der Waals surface area contributed by atoms with Gasteiger partial charge in [0.1, 0.15) is 11.8 Å². The number of esters is 1. The van der Waals surface area contributed by atoms with Crippen molar-refractivity contribution in [2.24, 2.45) is 0 Å². The van der Waals surface area contributed by atoms with Gasteiger partial charge in [0.2, 0.25) is 5.91 Å². The Hall–Kier alpha value is -4.59. The number of nitrogens with one attached hydrogen (secondary N) is 2. The molecule has 1 fully saturated rings. The lowest BCUT2D eigenvalue weighted by Crippen LogP contribution is -2.55. The molecule has 8 heteroatoms. The molecule has 5 rings (SSSR count). The molecule has 3 aromatic carbocycles. The number of benzene rings is 3. The minimum atomic E-state index is -1.09. The number of rotatable bonds is 10. The molecule has 0 radical (unpaired) electrons. The van der Waals surface area contributed by atoms with Crippen molar-refractivity contribution in [1.29, 1.82) is 0 Å². The molecule has 1 aliphatic carbocycles. The molecule has 0 saturated heterocycles. The molecule has 218 valence electrons. The number of fused-ring (bicyclic) bond motifs is 1. The molecule has 1 aliphatic rings. The van der Waals surface area contributed by atoms with E-state index >= 15 is 0 Å². The van der Waals surface area contributed by atoms with Crippen LogP contribution in [0, 0.1) is 13.8 Å². The van der Waals surface area contributed by atoms with Crippen molar-refractivity contribution in [3.05, 3.63) is 95.7 Å². The Kier molecular flexibility index (Phi) is 8.61. The van der Waals surface area contributed by atoms with Crippen LogP contribution in [0.3, 0.4) is 0 Å². The fraction of sp³-hybridized carbons (Fsp3) is 0.324. The van der Waals surface area contributed by atoms with Gasteiger partial charge in [-0.3, -0.25) is 9.59 Å². The quantitative estimate of drug-likeness (QED) is 0.247. The first-order chi connectivity index (χ1) is 20.2. The second kappa shape index (κ2) is 12.5. The highest BCUT2D eigenvalue weighted by molar-refractivity contribution is 5.92. The number of carbonyl (C=O) groups excluding carboxylic acids is 3. The van der Waals surface area contributed by atoms with Crippen LogP contribution in [0.4, 0.5) is 5.69 Å². The number of aryl methyl sites for hydroxylation is 2. The SMILES string of the molecule is COC(=O)[C@@H](Cn1ccc2ccccc21)NC(=O)C1(Oc2ccc(CC(=O)Nc3cc(C)cc(C)c3)cc2)CCCC1. The molecule has 0 unspecified atom stereocenters. The minimum Gasteiger partial charge on any atom is -0.477 e. The smallest absolute Gasteiger partial charge is 0.330 e. The number of carbonyl (C=O) groups is 3. The first-order valence-corrected chi connectivity index (χ1v) is 14.3. The zero-order valence-corrected chi connectivity index (χ0v) is 24.3. The van der Waals surface area contributed by atoms with Gasteiger partial charge in [0.15, 0.2) is 5.60 Å². The van der Waals surface area contributed by atoms with Crippen LogP contribution in [-0.4, -0.2) is 41.1 Å². The number of ether oxygens (including phenoxy) is 2. The standard InChI is InChI=1S/C34H37N3O5/c1-23-18-24(2)20-27(19-23)35-31(38)21-25-10-12-28(13-11-25)42-34(15-6-7-16-34)33(40)36-29(32(39)41-3)22-37-17-14-26-8-4-5-9-30(26)37/h4-5,8-14,17-20,29H,6-7,15-16,21-22H2,1-3H3,(H,35,38)(H,36,40)/t29-/m1/s1. The Labute approximate surface area is 246 Å². The largest absolute Gasteiger partial charge is 0.477 e. The molecule has 0 aliphatic heterocycles. The number of para-hydroxylation sites is 1. The highest BCUT2D eigenvalue weighted by Gasteiger charge is 2.45. The average molecular weight is 568 g/mol. The topological polar surface area (TPSA) is 98.7 Å². The summed E-state index contributed by atoms with van der Waals surface area (Å²) in [4.78, 5) is 39.1. The van der Waals surface area contributed by atoms with Gasteiger partial charge in [-0.15, -0.1) is 0 Å². The summed E-state index contributed by atoms with van der Waals surface area (Å²) in [7, 11) is 1.32. The lowest BCUT2D eigenvalue weighted by molar-refractivity contribution is -0.148. The maximum atomic E-state index is 13.7. The molecule has 1 aromatic heterocycles. The molecule has 0 bridgehead atoms. The average Bonchev–Trinajstić information content (AvgIpc) is 3.61. The van der Waals surface area contributed by atoms with Crippen LogP contribution >= 0.6 is 0 Å². The Morgan fingerprint density at radius 1 is 0.929 bits per heavy atom. The van der Waals surface area contributed by atoms with E-state index in [0.717, 1.165) is 46.1 Å². The number of hydrogen-bond acceptors (Lipinski definition) is 5. The van der Waals surface area contributed by atoms with Crippen LogP contribution in [0.25, 0.3) is 10.9 Å². The molecule has 1 saturated carbocycles. The van der Waals surface area contributed by atoms with Gasteiger partial charge in [-0.05, 0) is 98.0 Å². The fourth-order valence-corrected chi connectivity index (χ4v) is 5.77. The number of anilines is 1. The predicted molar refractivity (Wildman–Crippen MR) is 162 cm³/mol. The first kappa shape index (κ1) is 28.9. The monoisotopic (exact) mass is 567 g/mol. The zero-order chi connectivity index (χ0) is 29.7. The highest BCUT2D eigenvalue weighted by atomic mass is 16.5. The van der Waals surface area contributed by atoms with Crippen LogP contribution in [0.1, 0.15) is 42.4 Å². The van der Waals surface area contributed by atoms with E-state index in [1.165, 1.54) is 7.11 Å². The lowest BCUT2D eigenvalue weighted by Gasteiger charge is -2.31. The fourth-order valence-electron chi connectivity index (χ4n) is 5.77. The summed E-state index contributed by atoms with van der Waals surface area (Å²) in [5.41, 5.74) is 3.67. The number of amides is 2. The Morgan fingerprint density at radius 3 is 2.31 bits per heavy atom. The van der Waals surface area contributed by atoms with Gasteiger partial charge in [0.05, 0.1) is 20.1 Å². The van der Waals surface area contributed by atoms with Gasteiger partial charge in [0.25, 0.3) is 5.91 Å². The van der Waals surface area contributed by atoms with E-state index in [9.17, 15) is 14.4 Å². The summed E-state index contributed by atoms with van der Waals surface area (Å²) in [6.45, 7) is 4.23. The van der Waals surface area contributed by atoms with Gasteiger partial charge < -0.3 is 24.7 Å². The van der Waals surface area contributed by atoms with Gasteiger partial charge in [-0.2, -0.15) is 0 Å². The second-order valence-corrected chi connectivity index (χ2v) is 11.1. The van der Waals surface area contributed by atoms with Gasteiger partial charge >= 0.3 is 5.97 Å². The van der Waals surface area contributed by atoms with E-state index < -0.39 is 17.6 Å². The molecule has 4 aromatic rings. The molecule has 1 atom stereocenters. The number of nitrogens with zero attached hydrogens (tertiary/aromatic N) is 1. The molecule has 1 heterocycles. The summed E-state index contributed by atoms with van der Waals surface area (Å²) in [5, 5.41) is 6.94. The van der Waals surface area contributed by atoms with Crippen molar-refractivity contribution in [3.63, 3.8) is 0 Å². The summed E-state index contributed by atoms with van der Waals surface area (Å²) in [6.07, 6.45) is 4.88. The van der Waals surface area contributed by atoms with Crippen LogP contribution in [-0.2, 0) is 32.1 Å². The summed E-state index contributed by atoms with van der Waals surface area (Å²) < 4.78 is 13.3. The van der Waals surface area contributed by atoms with Crippen molar-refractivity contribution in [3.8, 4) is 5.75 Å². The van der Waals surface area contributed by atoms with E-state index in [-0.39, 0.29) is 24.8 Å². The van der Waals surface area contributed by atoms with Crippen molar-refractivity contribution >= 4 is 34.4 Å².